The lowest BCUT2D eigenvalue weighted by Crippen LogP contribution is -2.42. The smallest absolute Gasteiger partial charge is 0.276 e. The van der Waals surface area contributed by atoms with Crippen LogP contribution in [0.5, 0.6) is 5.75 Å². The van der Waals surface area contributed by atoms with Crippen LogP contribution in [0, 0.1) is 0 Å². The fourth-order valence-corrected chi connectivity index (χ4v) is 3.57. The van der Waals surface area contributed by atoms with Gasteiger partial charge in [-0.1, -0.05) is 23.4 Å². The molecule has 1 aromatic carbocycles. The van der Waals surface area contributed by atoms with E-state index in [9.17, 15) is 4.79 Å². The Bertz CT molecular complexity index is 703. The second kappa shape index (κ2) is 6.67. The summed E-state index contributed by atoms with van der Waals surface area (Å²) in [5.74, 6) is 1.82. The molecular weight excluding hydrogens is 304 g/mol. The van der Waals surface area contributed by atoms with Crippen LogP contribution in [0.4, 0.5) is 0 Å². The minimum absolute atomic E-state index is 0.0139. The third-order valence-corrected chi connectivity index (χ3v) is 4.93. The van der Waals surface area contributed by atoms with Crippen molar-refractivity contribution in [2.75, 3.05) is 13.1 Å². The highest BCUT2D eigenvalue weighted by Crippen LogP contribution is 2.26. The molecule has 4 rings (SSSR count). The van der Waals surface area contributed by atoms with E-state index >= 15 is 0 Å². The van der Waals surface area contributed by atoms with E-state index in [-0.39, 0.29) is 12.0 Å². The van der Waals surface area contributed by atoms with E-state index in [0.29, 0.717) is 18.8 Å². The van der Waals surface area contributed by atoms with Gasteiger partial charge in [0.25, 0.3) is 5.91 Å². The molecule has 1 aromatic heterocycles. The van der Waals surface area contributed by atoms with Gasteiger partial charge in [-0.3, -0.25) is 4.79 Å². The number of aryl methyl sites for hydroxylation is 1. The van der Waals surface area contributed by atoms with Crippen molar-refractivity contribution in [2.45, 2.75) is 44.6 Å². The fourth-order valence-electron chi connectivity index (χ4n) is 3.57. The van der Waals surface area contributed by atoms with Crippen LogP contribution >= 0.6 is 0 Å². The van der Waals surface area contributed by atoms with Crippen molar-refractivity contribution in [3.63, 3.8) is 0 Å². The number of nitrogens with zero attached hydrogens (tertiary/aromatic N) is 2. The molecule has 0 bridgehead atoms. The zero-order valence-corrected chi connectivity index (χ0v) is 13.7. The highest BCUT2D eigenvalue weighted by atomic mass is 16.5. The number of rotatable bonds is 3. The number of para-hydroxylation sites is 1. The summed E-state index contributed by atoms with van der Waals surface area (Å²) in [7, 11) is 0. The molecule has 0 saturated carbocycles. The minimum atomic E-state index is 0.0139. The molecule has 126 valence electrons. The summed E-state index contributed by atoms with van der Waals surface area (Å²) < 4.78 is 11.4. The quantitative estimate of drug-likeness (QED) is 0.869. The van der Waals surface area contributed by atoms with Crippen LogP contribution in [0.3, 0.4) is 0 Å². The Hall–Kier alpha value is -2.30. The maximum atomic E-state index is 12.8. The summed E-state index contributed by atoms with van der Waals surface area (Å²) in [5, 5.41) is 4.06. The SMILES string of the molecule is O=C(c1noc2c1CCCC2)N1CCC(Oc2ccccc2)CC1. The number of fused-ring (bicyclic) bond motifs is 1. The number of carbonyl (C=O) groups is 1. The van der Waals surface area contributed by atoms with Gasteiger partial charge in [0.15, 0.2) is 5.69 Å². The summed E-state index contributed by atoms with van der Waals surface area (Å²) in [6.45, 7) is 1.41. The van der Waals surface area contributed by atoms with E-state index in [2.05, 4.69) is 5.16 Å². The van der Waals surface area contributed by atoms with Gasteiger partial charge in [-0.25, -0.2) is 0 Å². The lowest BCUT2D eigenvalue weighted by Gasteiger charge is -2.32. The summed E-state index contributed by atoms with van der Waals surface area (Å²) in [6.07, 6.45) is 5.92. The third kappa shape index (κ3) is 3.03. The Labute approximate surface area is 141 Å². The van der Waals surface area contributed by atoms with Gasteiger partial charge < -0.3 is 14.2 Å². The van der Waals surface area contributed by atoms with Gasteiger partial charge >= 0.3 is 0 Å². The van der Waals surface area contributed by atoms with Crippen LogP contribution in [-0.2, 0) is 12.8 Å². The highest BCUT2D eigenvalue weighted by molar-refractivity contribution is 5.94. The maximum Gasteiger partial charge on any atom is 0.276 e. The largest absolute Gasteiger partial charge is 0.490 e. The van der Waals surface area contributed by atoms with E-state index in [1.165, 1.54) is 0 Å². The molecular formula is C19H22N2O3. The first kappa shape index (κ1) is 15.2. The van der Waals surface area contributed by atoms with Crippen LogP contribution < -0.4 is 4.74 Å². The Morgan fingerprint density at radius 3 is 2.67 bits per heavy atom. The Kier molecular flexibility index (Phi) is 4.24. The molecule has 2 aliphatic rings. The second-order valence-corrected chi connectivity index (χ2v) is 6.56. The topological polar surface area (TPSA) is 55.6 Å². The van der Waals surface area contributed by atoms with E-state index in [0.717, 1.165) is 55.6 Å². The number of hydrogen-bond donors (Lipinski definition) is 0. The van der Waals surface area contributed by atoms with Crippen LogP contribution in [0.25, 0.3) is 0 Å². The molecule has 1 fully saturated rings. The number of hydrogen-bond acceptors (Lipinski definition) is 4. The Morgan fingerprint density at radius 2 is 1.88 bits per heavy atom. The number of likely N-dealkylation sites (tertiary alicyclic amines) is 1. The molecule has 2 aromatic rings. The first-order chi connectivity index (χ1) is 11.8. The zero-order chi connectivity index (χ0) is 16.4. The predicted molar refractivity (Wildman–Crippen MR) is 89.1 cm³/mol. The molecule has 2 heterocycles. The molecule has 0 spiro atoms. The van der Waals surface area contributed by atoms with Gasteiger partial charge in [-0.2, -0.15) is 0 Å². The average Bonchev–Trinajstić information content (AvgIpc) is 3.07. The monoisotopic (exact) mass is 326 g/mol. The van der Waals surface area contributed by atoms with E-state index in [1.54, 1.807) is 0 Å². The predicted octanol–water partition coefficient (Wildman–Crippen LogP) is 3.24. The molecule has 1 aliphatic carbocycles. The van der Waals surface area contributed by atoms with Gasteiger partial charge in [0.05, 0.1) is 0 Å². The number of benzene rings is 1. The van der Waals surface area contributed by atoms with Gasteiger partial charge in [-0.15, -0.1) is 0 Å². The summed E-state index contributed by atoms with van der Waals surface area (Å²) in [4.78, 5) is 14.6. The molecule has 24 heavy (non-hydrogen) atoms. The van der Waals surface area contributed by atoms with Crippen LogP contribution in [-0.4, -0.2) is 35.2 Å². The summed E-state index contributed by atoms with van der Waals surface area (Å²) >= 11 is 0. The van der Waals surface area contributed by atoms with Crippen LogP contribution in [0.1, 0.15) is 47.5 Å². The molecule has 1 amide bonds. The number of carbonyl (C=O) groups excluding carboxylic acids is 1. The van der Waals surface area contributed by atoms with Gasteiger partial charge in [0, 0.05) is 37.9 Å². The molecule has 5 nitrogen and oxygen atoms in total. The van der Waals surface area contributed by atoms with Crippen molar-refractivity contribution >= 4 is 5.91 Å². The first-order valence-electron chi connectivity index (χ1n) is 8.79. The van der Waals surface area contributed by atoms with Crippen molar-refractivity contribution in [3.8, 4) is 5.75 Å². The number of ether oxygens (including phenoxy) is 1. The van der Waals surface area contributed by atoms with Crippen molar-refractivity contribution < 1.29 is 14.1 Å². The van der Waals surface area contributed by atoms with E-state index in [4.69, 9.17) is 9.26 Å². The molecule has 0 N–H and O–H groups in total. The van der Waals surface area contributed by atoms with Gasteiger partial charge in [0.2, 0.25) is 0 Å². The standard InChI is InChI=1S/C19H22N2O3/c22-19(18-16-8-4-5-9-17(16)24-20-18)21-12-10-15(11-13-21)23-14-6-2-1-3-7-14/h1-3,6-7,15H,4-5,8-13H2. The normalized spacial score (nSPS) is 18.2. The number of amides is 1. The Balaban J connectivity index is 1.37. The van der Waals surface area contributed by atoms with E-state index in [1.807, 2.05) is 35.2 Å². The van der Waals surface area contributed by atoms with E-state index < -0.39 is 0 Å². The fraction of sp³-hybridized carbons (Fsp3) is 0.474. The van der Waals surface area contributed by atoms with Crippen molar-refractivity contribution in [1.29, 1.82) is 0 Å². The van der Waals surface area contributed by atoms with Crippen LogP contribution in [0.2, 0.25) is 0 Å². The lowest BCUT2D eigenvalue weighted by atomic mass is 9.96. The van der Waals surface area contributed by atoms with Crippen molar-refractivity contribution in [2.24, 2.45) is 0 Å². The first-order valence-corrected chi connectivity index (χ1v) is 8.79. The minimum Gasteiger partial charge on any atom is -0.490 e. The van der Waals surface area contributed by atoms with Gasteiger partial charge in [0.1, 0.15) is 17.6 Å². The lowest BCUT2D eigenvalue weighted by molar-refractivity contribution is 0.0585. The number of aromatic nitrogens is 1. The second-order valence-electron chi connectivity index (χ2n) is 6.56. The Morgan fingerprint density at radius 1 is 1.12 bits per heavy atom. The molecule has 1 saturated heterocycles. The third-order valence-electron chi connectivity index (χ3n) is 4.93. The molecule has 1 aliphatic heterocycles. The van der Waals surface area contributed by atoms with Crippen LogP contribution in [0.15, 0.2) is 34.9 Å². The average molecular weight is 326 g/mol. The molecule has 0 radical (unpaired) electrons. The zero-order valence-electron chi connectivity index (χ0n) is 13.7. The molecule has 5 heteroatoms. The molecule has 0 atom stereocenters. The maximum absolute atomic E-state index is 12.8. The number of piperidine rings is 1. The van der Waals surface area contributed by atoms with Crippen molar-refractivity contribution in [1.82, 2.24) is 10.1 Å². The summed E-state index contributed by atoms with van der Waals surface area (Å²) in [5.41, 5.74) is 1.57. The van der Waals surface area contributed by atoms with Crippen molar-refractivity contribution in [3.05, 3.63) is 47.3 Å². The summed E-state index contributed by atoms with van der Waals surface area (Å²) in [6, 6.07) is 9.87. The highest BCUT2D eigenvalue weighted by Gasteiger charge is 2.30. The molecule has 0 unspecified atom stereocenters. The van der Waals surface area contributed by atoms with Gasteiger partial charge in [-0.05, 0) is 31.4 Å².